The van der Waals surface area contributed by atoms with Gasteiger partial charge >= 0.3 is 0 Å². The number of para-hydroxylation sites is 1. The van der Waals surface area contributed by atoms with Crippen LogP contribution in [0.2, 0.25) is 0 Å². The lowest BCUT2D eigenvalue weighted by atomic mass is 10.1. The minimum Gasteiger partial charge on any atom is -0.277 e. The van der Waals surface area contributed by atoms with E-state index in [1.54, 1.807) is 16.2 Å². The topological polar surface area (TPSA) is 46.1 Å². The van der Waals surface area contributed by atoms with Gasteiger partial charge in [0.1, 0.15) is 0 Å². The second-order valence-electron chi connectivity index (χ2n) is 7.29. The zero-order chi connectivity index (χ0) is 20.7. The molecule has 0 aliphatic heterocycles. The molecular weight excluding hydrogens is 410 g/mol. The Bertz CT molecular complexity index is 1340. The average molecular weight is 430 g/mol. The van der Waals surface area contributed by atoms with Gasteiger partial charge in [0, 0.05) is 0 Å². The number of aryl methyl sites for hydroxylation is 2. The van der Waals surface area contributed by atoms with Crippen LogP contribution in [0.4, 0.5) is 5.13 Å². The Labute approximate surface area is 182 Å². The highest BCUT2D eigenvalue weighted by Crippen LogP contribution is 2.34. The third kappa shape index (κ3) is 3.49. The molecular formula is C24H19N3OS2. The summed E-state index contributed by atoms with van der Waals surface area (Å²) in [6.07, 6.45) is 0. The van der Waals surface area contributed by atoms with Gasteiger partial charge in [0.05, 0.1) is 27.0 Å². The number of hydrogen-bond donors (Lipinski definition) is 0. The molecule has 5 aromatic rings. The van der Waals surface area contributed by atoms with Crippen LogP contribution in [0.3, 0.4) is 0 Å². The van der Waals surface area contributed by atoms with Crippen LogP contribution < -0.4 is 4.90 Å². The maximum atomic E-state index is 13.6. The summed E-state index contributed by atoms with van der Waals surface area (Å²) in [6, 6.07) is 22.1. The number of carbonyl (C=O) groups excluding carboxylic acids is 1. The van der Waals surface area contributed by atoms with E-state index in [4.69, 9.17) is 4.98 Å². The van der Waals surface area contributed by atoms with E-state index in [1.165, 1.54) is 22.5 Å². The lowest BCUT2D eigenvalue weighted by Gasteiger charge is -2.18. The molecule has 4 nitrogen and oxygen atoms in total. The molecule has 0 radical (unpaired) electrons. The molecule has 6 heteroatoms. The smallest absolute Gasteiger partial charge is 0.277 e. The van der Waals surface area contributed by atoms with Crippen molar-refractivity contribution in [3.05, 3.63) is 88.4 Å². The average Bonchev–Trinajstić information content (AvgIpc) is 3.36. The number of amides is 1. The van der Waals surface area contributed by atoms with Gasteiger partial charge in [0.15, 0.2) is 10.1 Å². The summed E-state index contributed by atoms with van der Waals surface area (Å²) in [5.74, 6) is -0.117. The van der Waals surface area contributed by atoms with Crippen LogP contribution in [0, 0.1) is 13.8 Å². The first-order valence-corrected chi connectivity index (χ1v) is 11.3. The third-order valence-electron chi connectivity index (χ3n) is 4.95. The van der Waals surface area contributed by atoms with Crippen molar-refractivity contribution in [3.63, 3.8) is 0 Å². The largest absolute Gasteiger partial charge is 0.289 e. The number of nitrogens with zero attached hydrogens (tertiary/aromatic N) is 3. The zero-order valence-electron chi connectivity index (χ0n) is 16.6. The maximum Gasteiger partial charge on any atom is 0.289 e. The summed E-state index contributed by atoms with van der Waals surface area (Å²) < 4.78 is 2.13. The van der Waals surface area contributed by atoms with Crippen molar-refractivity contribution >= 4 is 54.1 Å². The van der Waals surface area contributed by atoms with Crippen LogP contribution in [0.5, 0.6) is 0 Å². The number of thiazole rings is 2. The normalized spacial score (nSPS) is 11.3. The van der Waals surface area contributed by atoms with Crippen molar-refractivity contribution in [2.75, 3.05) is 4.90 Å². The minimum absolute atomic E-state index is 0.117. The molecule has 0 saturated carbocycles. The number of aromatic nitrogens is 2. The van der Waals surface area contributed by atoms with E-state index in [9.17, 15) is 4.79 Å². The molecule has 3 aromatic carbocycles. The van der Waals surface area contributed by atoms with Gasteiger partial charge in [-0.15, -0.1) is 11.3 Å². The van der Waals surface area contributed by atoms with Crippen LogP contribution in [-0.4, -0.2) is 15.9 Å². The summed E-state index contributed by atoms with van der Waals surface area (Å²) in [7, 11) is 0. The number of benzene rings is 3. The monoisotopic (exact) mass is 429 g/mol. The van der Waals surface area contributed by atoms with E-state index >= 15 is 0 Å². The molecule has 2 heterocycles. The summed E-state index contributed by atoms with van der Waals surface area (Å²) in [4.78, 5) is 24.8. The zero-order valence-corrected chi connectivity index (χ0v) is 18.3. The van der Waals surface area contributed by atoms with Crippen LogP contribution in [0.15, 0.2) is 66.7 Å². The quantitative estimate of drug-likeness (QED) is 0.333. The molecule has 30 heavy (non-hydrogen) atoms. The SMILES string of the molecule is Cc1cc(C)c2sc(N(Cc3ccccc3)C(=O)c3nc4ccccc4s3)nc2c1. The third-order valence-corrected chi connectivity index (χ3v) is 7.20. The molecule has 148 valence electrons. The van der Waals surface area contributed by atoms with Gasteiger partial charge in [0.2, 0.25) is 0 Å². The molecule has 2 aromatic heterocycles. The van der Waals surface area contributed by atoms with E-state index in [1.807, 2.05) is 54.6 Å². The van der Waals surface area contributed by atoms with Gasteiger partial charge in [0.25, 0.3) is 5.91 Å². The minimum atomic E-state index is -0.117. The number of fused-ring (bicyclic) bond motifs is 2. The van der Waals surface area contributed by atoms with Crippen molar-refractivity contribution in [3.8, 4) is 0 Å². The summed E-state index contributed by atoms with van der Waals surface area (Å²) >= 11 is 2.99. The summed E-state index contributed by atoms with van der Waals surface area (Å²) in [6.45, 7) is 4.61. The lowest BCUT2D eigenvalue weighted by molar-refractivity contribution is 0.0985. The van der Waals surface area contributed by atoms with Crippen molar-refractivity contribution in [2.24, 2.45) is 0 Å². The Hall–Kier alpha value is -3.09. The molecule has 1 amide bonds. The molecule has 0 N–H and O–H groups in total. The van der Waals surface area contributed by atoms with E-state index in [2.05, 4.69) is 31.0 Å². The molecule has 0 saturated heterocycles. The second-order valence-corrected chi connectivity index (χ2v) is 9.30. The standard InChI is InChI=1S/C24H19N3OS2/c1-15-12-16(2)21-19(13-15)26-24(30-21)27(14-17-8-4-3-5-9-17)23(28)22-25-18-10-6-7-11-20(18)29-22/h3-13H,14H2,1-2H3. The van der Waals surface area contributed by atoms with Crippen LogP contribution >= 0.6 is 22.7 Å². The second kappa shape index (κ2) is 7.63. The van der Waals surface area contributed by atoms with E-state index < -0.39 is 0 Å². The Morgan fingerprint density at radius 3 is 2.47 bits per heavy atom. The van der Waals surface area contributed by atoms with Gasteiger partial charge in [-0.05, 0) is 48.7 Å². The highest BCUT2D eigenvalue weighted by atomic mass is 32.1. The molecule has 0 fully saturated rings. The van der Waals surface area contributed by atoms with E-state index in [-0.39, 0.29) is 5.91 Å². The van der Waals surface area contributed by atoms with E-state index in [0.29, 0.717) is 16.7 Å². The first kappa shape index (κ1) is 18.9. The summed E-state index contributed by atoms with van der Waals surface area (Å²) in [5, 5.41) is 1.19. The maximum absolute atomic E-state index is 13.6. The molecule has 0 aliphatic rings. The van der Waals surface area contributed by atoms with Gasteiger partial charge in [-0.3, -0.25) is 9.69 Å². The number of hydrogen-bond acceptors (Lipinski definition) is 5. The fraction of sp³-hybridized carbons (Fsp3) is 0.125. The van der Waals surface area contributed by atoms with Gasteiger partial charge in [-0.1, -0.05) is 59.9 Å². The Morgan fingerprint density at radius 2 is 1.67 bits per heavy atom. The predicted molar refractivity (Wildman–Crippen MR) is 126 cm³/mol. The fourth-order valence-electron chi connectivity index (χ4n) is 3.55. The molecule has 0 unspecified atom stereocenters. The van der Waals surface area contributed by atoms with Crippen LogP contribution in [0.25, 0.3) is 20.4 Å². The Morgan fingerprint density at radius 1 is 0.900 bits per heavy atom. The number of carbonyl (C=O) groups is 1. The van der Waals surface area contributed by atoms with Crippen molar-refractivity contribution in [2.45, 2.75) is 20.4 Å². The van der Waals surface area contributed by atoms with Crippen LogP contribution in [-0.2, 0) is 6.54 Å². The van der Waals surface area contributed by atoms with Gasteiger partial charge in [-0.2, -0.15) is 0 Å². The molecule has 0 bridgehead atoms. The van der Waals surface area contributed by atoms with E-state index in [0.717, 1.165) is 26.0 Å². The highest BCUT2D eigenvalue weighted by Gasteiger charge is 2.25. The van der Waals surface area contributed by atoms with Gasteiger partial charge in [-0.25, -0.2) is 9.97 Å². The first-order valence-electron chi connectivity index (χ1n) is 9.67. The number of rotatable bonds is 4. The van der Waals surface area contributed by atoms with Crippen LogP contribution in [0.1, 0.15) is 26.5 Å². The molecule has 0 aliphatic carbocycles. The number of anilines is 1. The predicted octanol–water partition coefficient (Wildman–Crippen LogP) is 6.37. The Kier molecular flexibility index (Phi) is 4.81. The fourth-order valence-corrected chi connectivity index (χ4v) is 5.48. The highest BCUT2D eigenvalue weighted by molar-refractivity contribution is 7.23. The van der Waals surface area contributed by atoms with Crippen molar-refractivity contribution in [1.29, 1.82) is 0 Å². The molecule has 0 atom stereocenters. The van der Waals surface area contributed by atoms with Gasteiger partial charge < -0.3 is 0 Å². The first-order chi connectivity index (χ1) is 14.6. The lowest BCUT2D eigenvalue weighted by Crippen LogP contribution is -2.30. The van der Waals surface area contributed by atoms with Crippen molar-refractivity contribution < 1.29 is 4.79 Å². The molecule has 0 spiro atoms. The Balaban J connectivity index is 1.61. The molecule has 5 rings (SSSR count). The summed E-state index contributed by atoms with van der Waals surface area (Å²) in [5.41, 5.74) is 5.19. The van der Waals surface area contributed by atoms with Crippen molar-refractivity contribution in [1.82, 2.24) is 9.97 Å².